The standard InChI is InChI=1S/C19H17FN4/c1-12-8-17(23-22-12)19-10-14-9-15(20)4-7-18(14)24(19)16-5-2-13(11-21)3-6-16/h2-10H,11,21H2,1H3,(H,22,23). The second-order valence-electron chi connectivity index (χ2n) is 5.87. The zero-order chi connectivity index (χ0) is 16.7. The zero-order valence-corrected chi connectivity index (χ0v) is 13.3. The lowest BCUT2D eigenvalue weighted by molar-refractivity contribution is 0.629. The molecule has 4 nitrogen and oxygen atoms in total. The number of halogens is 1. The van der Waals surface area contributed by atoms with Gasteiger partial charge in [0, 0.05) is 23.3 Å². The van der Waals surface area contributed by atoms with Crippen LogP contribution in [0.3, 0.4) is 0 Å². The summed E-state index contributed by atoms with van der Waals surface area (Å²) in [6, 6.07) is 16.8. The van der Waals surface area contributed by atoms with Gasteiger partial charge in [0.25, 0.3) is 0 Å². The number of hydrogen-bond donors (Lipinski definition) is 2. The molecule has 0 saturated carbocycles. The molecule has 24 heavy (non-hydrogen) atoms. The third kappa shape index (κ3) is 2.39. The van der Waals surface area contributed by atoms with E-state index in [1.807, 2.05) is 43.3 Å². The highest BCUT2D eigenvalue weighted by Gasteiger charge is 2.15. The van der Waals surface area contributed by atoms with Crippen molar-refractivity contribution in [3.8, 4) is 17.1 Å². The van der Waals surface area contributed by atoms with Gasteiger partial charge in [-0.3, -0.25) is 5.10 Å². The first-order valence-electron chi connectivity index (χ1n) is 7.78. The predicted octanol–water partition coefficient (Wildman–Crippen LogP) is 3.93. The predicted molar refractivity (Wildman–Crippen MR) is 93.4 cm³/mol. The molecule has 0 spiro atoms. The zero-order valence-electron chi connectivity index (χ0n) is 13.3. The number of hydrogen-bond acceptors (Lipinski definition) is 2. The second kappa shape index (κ2) is 5.62. The Labute approximate surface area is 138 Å². The first kappa shape index (κ1) is 14.7. The molecule has 3 N–H and O–H groups in total. The van der Waals surface area contributed by atoms with Crippen LogP contribution in [0.4, 0.5) is 4.39 Å². The van der Waals surface area contributed by atoms with E-state index in [4.69, 9.17) is 5.73 Å². The van der Waals surface area contributed by atoms with E-state index in [-0.39, 0.29) is 5.82 Å². The summed E-state index contributed by atoms with van der Waals surface area (Å²) in [6.45, 7) is 2.46. The van der Waals surface area contributed by atoms with E-state index < -0.39 is 0 Å². The molecule has 0 amide bonds. The normalized spacial score (nSPS) is 11.3. The van der Waals surface area contributed by atoms with Gasteiger partial charge in [-0.25, -0.2) is 4.39 Å². The van der Waals surface area contributed by atoms with Gasteiger partial charge in [0.1, 0.15) is 11.5 Å². The Kier molecular flexibility index (Phi) is 3.43. The van der Waals surface area contributed by atoms with Crippen LogP contribution in [0, 0.1) is 12.7 Å². The molecular weight excluding hydrogens is 303 g/mol. The SMILES string of the molecule is Cc1cc(-c2cc3cc(F)ccc3n2-c2ccc(CN)cc2)n[nH]1. The number of nitrogens with zero attached hydrogens (tertiary/aromatic N) is 2. The van der Waals surface area contributed by atoms with Gasteiger partial charge in [-0.15, -0.1) is 0 Å². The summed E-state index contributed by atoms with van der Waals surface area (Å²) >= 11 is 0. The van der Waals surface area contributed by atoms with Gasteiger partial charge in [-0.1, -0.05) is 12.1 Å². The third-order valence-corrected chi connectivity index (χ3v) is 4.16. The van der Waals surface area contributed by atoms with Gasteiger partial charge in [-0.2, -0.15) is 5.10 Å². The van der Waals surface area contributed by atoms with Gasteiger partial charge in [0.2, 0.25) is 0 Å². The molecule has 2 aromatic carbocycles. The van der Waals surface area contributed by atoms with Crippen molar-refractivity contribution in [3.63, 3.8) is 0 Å². The molecule has 0 unspecified atom stereocenters. The molecule has 0 atom stereocenters. The number of nitrogens with one attached hydrogen (secondary N) is 1. The number of aromatic amines is 1. The molecule has 2 aromatic heterocycles. The van der Waals surface area contributed by atoms with Crippen molar-refractivity contribution in [2.45, 2.75) is 13.5 Å². The number of H-pyrrole nitrogens is 1. The third-order valence-electron chi connectivity index (χ3n) is 4.16. The maximum Gasteiger partial charge on any atom is 0.123 e. The molecule has 0 bridgehead atoms. The molecule has 0 saturated heterocycles. The van der Waals surface area contributed by atoms with E-state index in [1.54, 1.807) is 12.1 Å². The Bertz CT molecular complexity index is 1010. The Balaban J connectivity index is 1.99. The highest BCUT2D eigenvalue weighted by molar-refractivity contribution is 5.88. The molecule has 5 heteroatoms. The summed E-state index contributed by atoms with van der Waals surface area (Å²) < 4.78 is 15.7. The van der Waals surface area contributed by atoms with Crippen molar-refractivity contribution in [1.82, 2.24) is 14.8 Å². The first-order chi connectivity index (χ1) is 11.7. The molecule has 0 aliphatic rings. The minimum atomic E-state index is -0.247. The molecule has 0 aliphatic heterocycles. The minimum Gasteiger partial charge on any atom is -0.326 e. The van der Waals surface area contributed by atoms with Crippen LogP contribution in [0.5, 0.6) is 0 Å². The smallest absolute Gasteiger partial charge is 0.123 e. The molecule has 4 rings (SSSR count). The van der Waals surface area contributed by atoms with Crippen LogP contribution in [0.15, 0.2) is 54.6 Å². The molecule has 0 aliphatic carbocycles. The minimum absolute atomic E-state index is 0.247. The topological polar surface area (TPSA) is 59.6 Å². The fraction of sp³-hybridized carbons (Fsp3) is 0.105. The number of fused-ring (bicyclic) bond motifs is 1. The van der Waals surface area contributed by atoms with Crippen molar-refractivity contribution < 1.29 is 4.39 Å². The fourth-order valence-corrected chi connectivity index (χ4v) is 2.98. The number of aryl methyl sites for hydroxylation is 1. The summed E-state index contributed by atoms with van der Waals surface area (Å²) in [5, 5.41) is 8.17. The molecule has 0 radical (unpaired) electrons. The summed E-state index contributed by atoms with van der Waals surface area (Å²) in [4.78, 5) is 0. The molecule has 120 valence electrons. The maximum absolute atomic E-state index is 13.6. The van der Waals surface area contributed by atoms with E-state index >= 15 is 0 Å². The van der Waals surface area contributed by atoms with Gasteiger partial charge in [-0.05, 0) is 55.0 Å². The maximum atomic E-state index is 13.6. The molecular formula is C19H17FN4. The van der Waals surface area contributed by atoms with Gasteiger partial charge in [0.15, 0.2) is 0 Å². The Hall–Kier alpha value is -2.92. The summed E-state index contributed by atoms with van der Waals surface area (Å²) in [6.07, 6.45) is 0. The van der Waals surface area contributed by atoms with Crippen LogP contribution in [0.1, 0.15) is 11.3 Å². The van der Waals surface area contributed by atoms with Crippen molar-refractivity contribution in [3.05, 3.63) is 71.7 Å². The van der Waals surface area contributed by atoms with Crippen molar-refractivity contribution >= 4 is 10.9 Å². The van der Waals surface area contributed by atoms with Gasteiger partial charge < -0.3 is 10.3 Å². The summed E-state index contributed by atoms with van der Waals surface area (Å²) in [5.74, 6) is -0.247. The van der Waals surface area contributed by atoms with Crippen LogP contribution in [-0.2, 0) is 6.54 Å². The molecule has 4 aromatic rings. The Morgan fingerprint density at radius 3 is 2.54 bits per heavy atom. The number of nitrogens with two attached hydrogens (primary N) is 1. The quantitative estimate of drug-likeness (QED) is 0.601. The summed E-state index contributed by atoms with van der Waals surface area (Å²) in [5.41, 5.74) is 11.4. The lowest BCUT2D eigenvalue weighted by atomic mass is 10.2. The fourth-order valence-electron chi connectivity index (χ4n) is 2.98. The van der Waals surface area contributed by atoms with Crippen molar-refractivity contribution in [1.29, 1.82) is 0 Å². The van der Waals surface area contributed by atoms with E-state index in [2.05, 4.69) is 14.8 Å². The van der Waals surface area contributed by atoms with Crippen LogP contribution < -0.4 is 5.73 Å². The highest BCUT2D eigenvalue weighted by Crippen LogP contribution is 2.31. The van der Waals surface area contributed by atoms with E-state index in [0.717, 1.165) is 39.2 Å². The number of rotatable bonds is 3. The lowest BCUT2D eigenvalue weighted by Crippen LogP contribution is -1.99. The van der Waals surface area contributed by atoms with E-state index in [1.165, 1.54) is 6.07 Å². The van der Waals surface area contributed by atoms with Gasteiger partial charge in [0.05, 0.1) is 11.2 Å². The monoisotopic (exact) mass is 320 g/mol. The van der Waals surface area contributed by atoms with Crippen LogP contribution >= 0.6 is 0 Å². The average molecular weight is 320 g/mol. The van der Waals surface area contributed by atoms with Gasteiger partial charge >= 0.3 is 0 Å². The highest BCUT2D eigenvalue weighted by atomic mass is 19.1. The van der Waals surface area contributed by atoms with Crippen LogP contribution in [-0.4, -0.2) is 14.8 Å². The van der Waals surface area contributed by atoms with E-state index in [9.17, 15) is 4.39 Å². The van der Waals surface area contributed by atoms with Crippen molar-refractivity contribution in [2.24, 2.45) is 5.73 Å². The van der Waals surface area contributed by atoms with Crippen LogP contribution in [0.2, 0.25) is 0 Å². The first-order valence-corrected chi connectivity index (χ1v) is 7.78. The Morgan fingerprint density at radius 2 is 1.88 bits per heavy atom. The van der Waals surface area contributed by atoms with E-state index in [0.29, 0.717) is 6.54 Å². The van der Waals surface area contributed by atoms with Crippen LogP contribution in [0.25, 0.3) is 28.0 Å². The van der Waals surface area contributed by atoms with Crippen molar-refractivity contribution in [2.75, 3.05) is 0 Å². The largest absolute Gasteiger partial charge is 0.326 e. The average Bonchev–Trinajstić information content (AvgIpc) is 3.18. The lowest BCUT2D eigenvalue weighted by Gasteiger charge is -2.10. The Morgan fingerprint density at radius 1 is 1.08 bits per heavy atom. The number of benzene rings is 2. The summed E-state index contributed by atoms with van der Waals surface area (Å²) in [7, 11) is 0. The second-order valence-corrected chi connectivity index (χ2v) is 5.87. The number of aromatic nitrogens is 3. The molecule has 2 heterocycles. The molecule has 0 fully saturated rings.